The Morgan fingerprint density at radius 1 is 0.923 bits per heavy atom. The zero-order valence-corrected chi connectivity index (χ0v) is 15.0. The summed E-state index contributed by atoms with van der Waals surface area (Å²) >= 11 is 6.76. The van der Waals surface area contributed by atoms with E-state index in [-0.39, 0.29) is 17.2 Å². The fourth-order valence-electron chi connectivity index (χ4n) is 1.82. The SMILES string of the molecule is O=C(CSCC(=O)Nc1ccccc1F)NNC(=O)c1ccc(Cl)cc1. The second kappa shape index (κ2) is 9.79. The molecule has 2 rings (SSSR count). The first-order valence-corrected chi connectivity index (χ1v) is 8.96. The van der Waals surface area contributed by atoms with Gasteiger partial charge >= 0.3 is 0 Å². The third-order valence-corrected chi connectivity index (χ3v) is 4.22. The fourth-order valence-corrected chi connectivity index (χ4v) is 2.56. The van der Waals surface area contributed by atoms with Crippen molar-refractivity contribution in [2.45, 2.75) is 0 Å². The Morgan fingerprint density at radius 2 is 1.58 bits per heavy atom. The quantitative estimate of drug-likeness (QED) is 0.656. The molecule has 2 aromatic rings. The molecule has 0 saturated carbocycles. The highest BCUT2D eigenvalue weighted by Gasteiger charge is 2.10. The van der Waals surface area contributed by atoms with Gasteiger partial charge in [-0.25, -0.2) is 4.39 Å². The van der Waals surface area contributed by atoms with Gasteiger partial charge in [-0.05, 0) is 36.4 Å². The highest BCUT2D eigenvalue weighted by atomic mass is 35.5. The lowest BCUT2D eigenvalue weighted by Gasteiger charge is -2.08. The van der Waals surface area contributed by atoms with Crippen LogP contribution >= 0.6 is 23.4 Å². The van der Waals surface area contributed by atoms with Gasteiger partial charge in [0.2, 0.25) is 11.8 Å². The summed E-state index contributed by atoms with van der Waals surface area (Å²) in [5, 5.41) is 2.91. The molecule has 0 saturated heterocycles. The smallest absolute Gasteiger partial charge is 0.269 e. The average molecular weight is 396 g/mol. The van der Waals surface area contributed by atoms with E-state index in [1.165, 1.54) is 30.3 Å². The van der Waals surface area contributed by atoms with E-state index >= 15 is 0 Å². The van der Waals surface area contributed by atoms with Gasteiger partial charge in [-0.2, -0.15) is 0 Å². The second-order valence-electron chi connectivity index (χ2n) is 5.03. The Labute approximate surface area is 158 Å². The Kier molecular flexibility index (Phi) is 7.43. The molecule has 0 atom stereocenters. The number of rotatable bonds is 6. The molecule has 0 aliphatic carbocycles. The van der Waals surface area contributed by atoms with Gasteiger partial charge in [-0.3, -0.25) is 25.2 Å². The molecule has 0 spiro atoms. The third-order valence-electron chi connectivity index (χ3n) is 3.04. The number of para-hydroxylation sites is 1. The van der Waals surface area contributed by atoms with Gasteiger partial charge in [-0.15, -0.1) is 11.8 Å². The maximum atomic E-state index is 13.4. The molecule has 3 amide bonds. The molecule has 26 heavy (non-hydrogen) atoms. The van der Waals surface area contributed by atoms with E-state index in [0.29, 0.717) is 10.6 Å². The van der Waals surface area contributed by atoms with E-state index in [2.05, 4.69) is 16.2 Å². The minimum atomic E-state index is -0.534. The van der Waals surface area contributed by atoms with Gasteiger partial charge in [0.15, 0.2) is 0 Å². The molecular formula is C17H15ClFN3O3S. The van der Waals surface area contributed by atoms with Gasteiger partial charge in [0.25, 0.3) is 5.91 Å². The van der Waals surface area contributed by atoms with Crippen LogP contribution in [-0.4, -0.2) is 29.2 Å². The van der Waals surface area contributed by atoms with Gasteiger partial charge in [0.05, 0.1) is 17.2 Å². The number of hydrazine groups is 1. The number of hydrogen-bond acceptors (Lipinski definition) is 4. The van der Waals surface area contributed by atoms with Crippen LogP contribution in [0.3, 0.4) is 0 Å². The topological polar surface area (TPSA) is 87.3 Å². The molecular weight excluding hydrogens is 381 g/mol. The number of nitrogens with one attached hydrogen (secondary N) is 3. The Hall–Kier alpha value is -2.58. The van der Waals surface area contributed by atoms with Gasteiger partial charge < -0.3 is 5.32 Å². The first-order chi connectivity index (χ1) is 12.5. The van der Waals surface area contributed by atoms with Crippen molar-refractivity contribution in [3.05, 3.63) is 64.9 Å². The van der Waals surface area contributed by atoms with Crippen molar-refractivity contribution in [3.63, 3.8) is 0 Å². The molecule has 0 radical (unpaired) electrons. The van der Waals surface area contributed by atoms with E-state index < -0.39 is 23.5 Å². The van der Waals surface area contributed by atoms with E-state index in [4.69, 9.17) is 11.6 Å². The Balaban J connectivity index is 1.67. The average Bonchev–Trinajstić information content (AvgIpc) is 2.62. The van der Waals surface area contributed by atoms with E-state index in [9.17, 15) is 18.8 Å². The van der Waals surface area contributed by atoms with Crippen molar-refractivity contribution in [2.75, 3.05) is 16.8 Å². The summed E-state index contributed by atoms with van der Waals surface area (Å²) < 4.78 is 13.4. The van der Waals surface area contributed by atoms with Crippen LogP contribution in [0.2, 0.25) is 5.02 Å². The number of halogens is 2. The van der Waals surface area contributed by atoms with E-state index in [1.807, 2.05) is 0 Å². The summed E-state index contributed by atoms with van der Waals surface area (Å²) in [5.74, 6) is -2.02. The van der Waals surface area contributed by atoms with Crippen molar-refractivity contribution < 1.29 is 18.8 Å². The van der Waals surface area contributed by atoms with Crippen molar-refractivity contribution >= 4 is 46.8 Å². The number of thioether (sulfide) groups is 1. The number of hydrogen-bond donors (Lipinski definition) is 3. The number of carbonyl (C=O) groups is 3. The predicted octanol–water partition coefficient (Wildman–Crippen LogP) is 2.61. The van der Waals surface area contributed by atoms with Crippen LogP contribution in [0.25, 0.3) is 0 Å². The summed E-state index contributed by atoms with van der Waals surface area (Å²) in [6.07, 6.45) is 0. The lowest BCUT2D eigenvalue weighted by molar-refractivity contribution is -0.119. The monoisotopic (exact) mass is 395 g/mol. The maximum Gasteiger partial charge on any atom is 0.269 e. The molecule has 0 aliphatic rings. The largest absolute Gasteiger partial charge is 0.323 e. The summed E-state index contributed by atoms with van der Waals surface area (Å²) in [7, 11) is 0. The molecule has 3 N–H and O–H groups in total. The number of amides is 3. The normalized spacial score (nSPS) is 10.1. The fraction of sp³-hybridized carbons (Fsp3) is 0.118. The highest BCUT2D eigenvalue weighted by molar-refractivity contribution is 8.00. The first-order valence-electron chi connectivity index (χ1n) is 7.42. The summed E-state index contributed by atoms with van der Waals surface area (Å²) in [6, 6.07) is 11.9. The minimum absolute atomic E-state index is 0.0348. The molecule has 0 aliphatic heterocycles. The molecule has 6 nitrogen and oxygen atoms in total. The predicted molar refractivity (Wildman–Crippen MR) is 99.4 cm³/mol. The Bertz CT molecular complexity index is 802. The lowest BCUT2D eigenvalue weighted by atomic mass is 10.2. The summed E-state index contributed by atoms with van der Waals surface area (Å²) in [4.78, 5) is 35.2. The molecule has 0 fully saturated rings. The minimum Gasteiger partial charge on any atom is -0.323 e. The van der Waals surface area contributed by atoms with Crippen molar-refractivity contribution in [1.29, 1.82) is 0 Å². The molecule has 0 heterocycles. The van der Waals surface area contributed by atoms with Crippen molar-refractivity contribution in [1.82, 2.24) is 10.9 Å². The van der Waals surface area contributed by atoms with E-state index in [1.54, 1.807) is 18.2 Å². The second-order valence-corrected chi connectivity index (χ2v) is 6.45. The van der Waals surface area contributed by atoms with Gasteiger partial charge in [0, 0.05) is 10.6 Å². The third kappa shape index (κ3) is 6.38. The van der Waals surface area contributed by atoms with E-state index in [0.717, 1.165) is 11.8 Å². The summed E-state index contributed by atoms with van der Waals surface area (Å²) in [5.41, 5.74) is 4.92. The van der Waals surface area contributed by atoms with Crippen molar-refractivity contribution in [3.8, 4) is 0 Å². The zero-order chi connectivity index (χ0) is 18.9. The van der Waals surface area contributed by atoms with Crippen LogP contribution in [0.5, 0.6) is 0 Å². The first kappa shape index (κ1) is 19.7. The highest BCUT2D eigenvalue weighted by Crippen LogP contribution is 2.13. The maximum absolute atomic E-state index is 13.4. The summed E-state index contributed by atoms with van der Waals surface area (Å²) in [6.45, 7) is 0. The van der Waals surface area contributed by atoms with Crippen LogP contribution in [0.4, 0.5) is 10.1 Å². The van der Waals surface area contributed by atoms with Crippen LogP contribution in [0.15, 0.2) is 48.5 Å². The number of anilines is 1. The number of benzene rings is 2. The lowest BCUT2D eigenvalue weighted by Crippen LogP contribution is -2.42. The molecule has 9 heteroatoms. The van der Waals surface area contributed by atoms with Gasteiger partial charge in [0.1, 0.15) is 5.82 Å². The number of carbonyl (C=O) groups excluding carboxylic acids is 3. The van der Waals surface area contributed by atoms with Crippen LogP contribution in [-0.2, 0) is 9.59 Å². The van der Waals surface area contributed by atoms with Crippen molar-refractivity contribution in [2.24, 2.45) is 0 Å². The molecule has 0 unspecified atom stereocenters. The van der Waals surface area contributed by atoms with Crippen LogP contribution in [0, 0.1) is 5.82 Å². The standard InChI is InChI=1S/C17H15ClFN3O3S/c18-12-7-5-11(6-8-12)17(25)22-21-16(24)10-26-9-15(23)20-14-4-2-1-3-13(14)19/h1-8H,9-10H2,(H,20,23)(H,21,24)(H,22,25). The molecule has 0 bridgehead atoms. The molecule has 2 aromatic carbocycles. The molecule has 136 valence electrons. The zero-order valence-electron chi connectivity index (χ0n) is 13.4. The molecule has 0 aromatic heterocycles. The van der Waals surface area contributed by atoms with Gasteiger partial charge in [-0.1, -0.05) is 23.7 Å². The Morgan fingerprint density at radius 3 is 2.27 bits per heavy atom. The van der Waals surface area contributed by atoms with Crippen LogP contribution in [0.1, 0.15) is 10.4 Å². The van der Waals surface area contributed by atoms with Crippen LogP contribution < -0.4 is 16.2 Å².